The summed E-state index contributed by atoms with van der Waals surface area (Å²) in [4.78, 5) is 2.87. The van der Waals surface area contributed by atoms with Crippen LogP contribution in [0.25, 0.3) is 0 Å². The standard InChI is InChI=1S/C16H30N2/c1-2-6-16-15(4-1)5-3-12-18(16)13-9-14-7-10-17-11-8-14/h14-17H,1-13H2/t15-,16-/m1/s1. The number of likely N-dealkylation sites (tertiary alicyclic amines) is 1. The van der Waals surface area contributed by atoms with Crippen LogP contribution in [-0.4, -0.2) is 37.1 Å². The number of hydrogen-bond acceptors (Lipinski definition) is 2. The number of hydrogen-bond donors (Lipinski definition) is 1. The molecule has 3 aliphatic rings. The van der Waals surface area contributed by atoms with Crippen molar-refractivity contribution in [3.8, 4) is 0 Å². The zero-order chi connectivity index (χ0) is 12.2. The second kappa shape index (κ2) is 6.38. The highest BCUT2D eigenvalue weighted by atomic mass is 15.2. The minimum absolute atomic E-state index is 0.967. The van der Waals surface area contributed by atoms with E-state index in [1.807, 2.05) is 0 Å². The van der Waals surface area contributed by atoms with E-state index in [4.69, 9.17) is 0 Å². The Kier molecular flexibility index (Phi) is 4.58. The molecule has 2 saturated heterocycles. The predicted octanol–water partition coefficient (Wildman–Crippen LogP) is 3.03. The second-order valence-corrected chi connectivity index (χ2v) is 6.77. The molecule has 0 radical (unpaired) electrons. The van der Waals surface area contributed by atoms with Gasteiger partial charge in [-0.25, -0.2) is 0 Å². The lowest BCUT2D eigenvalue weighted by Crippen LogP contribution is -2.47. The van der Waals surface area contributed by atoms with Gasteiger partial charge in [0.1, 0.15) is 0 Å². The highest BCUT2D eigenvalue weighted by molar-refractivity contribution is 4.87. The van der Waals surface area contributed by atoms with Crippen molar-refractivity contribution in [1.29, 1.82) is 0 Å². The van der Waals surface area contributed by atoms with Gasteiger partial charge in [-0.1, -0.05) is 12.8 Å². The van der Waals surface area contributed by atoms with E-state index in [0.29, 0.717) is 0 Å². The molecule has 2 heterocycles. The molecule has 0 aromatic heterocycles. The fourth-order valence-corrected chi connectivity index (χ4v) is 4.52. The maximum absolute atomic E-state index is 3.48. The van der Waals surface area contributed by atoms with Crippen LogP contribution in [0.3, 0.4) is 0 Å². The van der Waals surface area contributed by atoms with Crippen molar-refractivity contribution in [3.63, 3.8) is 0 Å². The third-order valence-electron chi connectivity index (χ3n) is 5.64. The highest BCUT2D eigenvalue weighted by Gasteiger charge is 2.33. The molecule has 18 heavy (non-hydrogen) atoms. The van der Waals surface area contributed by atoms with Gasteiger partial charge in [-0.05, 0) is 83.0 Å². The van der Waals surface area contributed by atoms with Gasteiger partial charge in [0.15, 0.2) is 0 Å². The van der Waals surface area contributed by atoms with E-state index in [9.17, 15) is 0 Å². The lowest BCUT2D eigenvalue weighted by atomic mass is 9.78. The molecule has 2 atom stereocenters. The van der Waals surface area contributed by atoms with Gasteiger partial charge in [0.05, 0.1) is 0 Å². The summed E-state index contributed by atoms with van der Waals surface area (Å²) in [5.74, 6) is 2.07. The van der Waals surface area contributed by atoms with Crippen LogP contribution in [0.4, 0.5) is 0 Å². The Hall–Kier alpha value is -0.0800. The van der Waals surface area contributed by atoms with Gasteiger partial charge in [-0.15, -0.1) is 0 Å². The lowest BCUT2D eigenvalue weighted by molar-refractivity contribution is 0.0550. The molecule has 1 aliphatic carbocycles. The quantitative estimate of drug-likeness (QED) is 0.828. The molecule has 0 aromatic carbocycles. The van der Waals surface area contributed by atoms with Gasteiger partial charge in [0, 0.05) is 6.04 Å². The van der Waals surface area contributed by atoms with Crippen molar-refractivity contribution in [2.75, 3.05) is 26.2 Å². The van der Waals surface area contributed by atoms with Crippen molar-refractivity contribution in [3.05, 3.63) is 0 Å². The van der Waals surface area contributed by atoms with E-state index in [-0.39, 0.29) is 0 Å². The van der Waals surface area contributed by atoms with E-state index in [2.05, 4.69) is 10.2 Å². The van der Waals surface area contributed by atoms with E-state index < -0.39 is 0 Å². The van der Waals surface area contributed by atoms with Gasteiger partial charge in [-0.2, -0.15) is 0 Å². The average molecular weight is 250 g/mol. The molecule has 0 aromatic rings. The van der Waals surface area contributed by atoms with E-state index in [1.54, 1.807) is 0 Å². The summed E-state index contributed by atoms with van der Waals surface area (Å²) < 4.78 is 0. The summed E-state index contributed by atoms with van der Waals surface area (Å²) in [7, 11) is 0. The van der Waals surface area contributed by atoms with Crippen LogP contribution in [0.15, 0.2) is 0 Å². The molecule has 0 spiro atoms. The number of nitrogens with zero attached hydrogens (tertiary/aromatic N) is 1. The van der Waals surface area contributed by atoms with Crippen molar-refractivity contribution in [1.82, 2.24) is 10.2 Å². The maximum Gasteiger partial charge on any atom is 0.0123 e. The molecule has 3 fully saturated rings. The van der Waals surface area contributed by atoms with E-state index in [0.717, 1.165) is 17.9 Å². The summed E-state index contributed by atoms with van der Waals surface area (Å²) in [6, 6.07) is 0.967. The van der Waals surface area contributed by atoms with Gasteiger partial charge >= 0.3 is 0 Å². The minimum atomic E-state index is 0.967. The molecular formula is C16H30N2. The van der Waals surface area contributed by atoms with Crippen LogP contribution in [0, 0.1) is 11.8 Å². The summed E-state index contributed by atoms with van der Waals surface area (Å²) >= 11 is 0. The summed E-state index contributed by atoms with van der Waals surface area (Å²) in [5, 5.41) is 3.48. The van der Waals surface area contributed by atoms with Gasteiger partial charge in [0.2, 0.25) is 0 Å². The van der Waals surface area contributed by atoms with Crippen LogP contribution < -0.4 is 5.32 Å². The van der Waals surface area contributed by atoms with Crippen molar-refractivity contribution in [2.24, 2.45) is 11.8 Å². The molecule has 0 bridgehead atoms. The van der Waals surface area contributed by atoms with Crippen molar-refractivity contribution < 1.29 is 0 Å². The Morgan fingerprint density at radius 1 is 0.889 bits per heavy atom. The average Bonchev–Trinajstić information content (AvgIpc) is 2.46. The molecule has 1 saturated carbocycles. The van der Waals surface area contributed by atoms with Gasteiger partial charge in [0.25, 0.3) is 0 Å². The Morgan fingerprint density at radius 2 is 1.67 bits per heavy atom. The largest absolute Gasteiger partial charge is 0.317 e. The Balaban J connectivity index is 1.48. The second-order valence-electron chi connectivity index (χ2n) is 6.77. The molecular weight excluding hydrogens is 220 g/mol. The smallest absolute Gasteiger partial charge is 0.0123 e. The maximum atomic E-state index is 3.48. The molecule has 0 amide bonds. The Bertz CT molecular complexity index is 245. The topological polar surface area (TPSA) is 15.3 Å². The zero-order valence-corrected chi connectivity index (χ0v) is 11.9. The van der Waals surface area contributed by atoms with Crippen LogP contribution in [0.1, 0.15) is 57.8 Å². The first-order chi connectivity index (χ1) is 8.93. The number of rotatable bonds is 3. The van der Waals surface area contributed by atoms with Crippen molar-refractivity contribution in [2.45, 2.75) is 63.8 Å². The molecule has 3 rings (SSSR count). The van der Waals surface area contributed by atoms with Gasteiger partial charge in [-0.3, -0.25) is 0 Å². The molecule has 1 N–H and O–H groups in total. The molecule has 104 valence electrons. The summed E-state index contributed by atoms with van der Waals surface area (Å²) in [5.41, 5.74) is 0. The lowest BCUT2D eigenvalue weighted by Gasteiger charge is -2.44. The SMILES string of the molecule is C1CC[C@@H]2[C@H](C1)CCCN2CCC1CCNCC1. The van der Waals surface area contributed by atoms with Crippen LogP contribution >= 0.6 is 0 Å². The van der Waals surface area contributed by atoms with Crippen LogP contribution in [0.2, 0.25) is 0 Å². The zero-order valence-electron chi connectivity index (χ0n) is 11.9. The highest BCUT2D eigenvalue weighted by Crippen LogP contribution is 2.35. The van der Waals surface area contributed by atoms with E-state index >= 15 is 0 Å². The van der Waals surface area contributed by atoms with Crippen LogP contribution in [-0.2, 0) is 0 Å². The first-order valence-corrected chi connectivity index (χ1v) is 8.38. The fourth-order valence-electron chi connectivity index (χ4n) is 4.52. The molecule has 2 heteroatoms. The Labute approximate surface area is 113 Å². The number of piperidine rings is 2. The molecule has 2 nitrogen and oxygen atoms in total. The summed E-state index contributed by atoms with van der Waals surface area (Å²) in [6.07, 6.45) is 13.3. The first-order valence-electron chi connectivity index (χ1n) is 8.38. The monoisotopic (exact) mass is 250 g/mol. The Morgan fingerprint density at radius 3 is 2.56 bits per heavy atom. The third kappa shape index (κ3) is 3.08. The number of fused-ring (bicyclic) bond motifs is 1. The van der Waals surface area contributed by atoms with Gasteiger partial charge < -0.3 is 10.2 Å². The van der Waals surface area contributed by atoms with E-state index in [1.165, 1.54) is 84.0 Å². The van der Waals surface area contributed by atoms with Crippen LogP contribution in [0.5, 0.6) is 0 Å². The summed E-state index contributed by atoms with van der Waals surface area (Å²) in [6.45, 7) is 5.31. The first kappa shape index (κ1) is 12.9. The minimum Gasteiger partial charge on any atom is -0.317 e. The molecule has 0 unspecified atom stereocenters. The normalized spacial score (nSPS) is 35.3. The molecule has 2 aliphatic heterocycles. The fraction of sp³-hybridized carbons (Fsp3) is 1.00. The third-order valence-corrected chi connectivity index (χ3v) is 5.64. The van der Waals surface area contributed by atoms with Crippen molar-refractivity contribution >= 4 is 0 Å². The predicted molar refractivity (Wildman–Crippen MR) is 76.8 cm³/mol. The number of nitrogens with one attached hydrogen (secondary N) is 1.